The van der Waals surface area contributed by atoms with Crippen LogP contribution in [-0.4, -0.2) is 67.0 Å². The molecule has 282 valence electrons. The van der Waals surface area contributed by atoms with Crippen LogP contribution in [0.15, 0.2) is 84.9 Å². The monoisotopic (exact) mass is 744 g/mol. The highest BCUT2D eigenvalue weighted by Crippen LogP contribution is 2.26. The number of alkyl halides is 3. The van der Waals surface area contributed by atoms with E-state index in [1.54, 1.807) is 62.4 Å². The number of sulfone groups is 1. The van der Waals surface area contributed by atoms with E-state index >= 15 is 0 Å². The molecule has 0 saturated carbocycles. The van der Waals surface area contributed by atoms with Gasteiger partial charge in [-0.1, -0.05) is 106 Å². The number of ketones is 2. The third-order valence-corrected chi connectivity index (χ3v) is 10.4. The van der Waals surface area contributed by atoms with E-state index in [0.29, 0.717) is 11.1 Å². The highest BCUT2D eigenvalue weighted by atomic mass is 32.2. The average Bonchev–Trinajstić information content (AvgIpc) is 3.08. The van der Waals surface area contributed by atoms with Gasteiger partial charge in [-0.15, -0.1) is 0 Å². The van der Waals surface area contributed by atoms with Gasteiger partial charge in [0.2, 0.25) is 11.8 Å². The SMILES string of the molecule is CC(=O)CCC(NC(=O)[C@H](C)CC(=O)[C@H](Cc1ccccc1)NC(=O)[C@@H](CS(=O)(=O)Cc1cccc(-c2ccccc2)c1)C(C)C)C(O)C(F)(F)F. The van der Waals surface area contributed by atoms with E-state index in [1.807, 2.05) is 36.4 Å². The lowest BCUT2D eigenvalue weighted by Crippen LogP contribution is -2.52. The predicted molar refractivity (Wildman–Crippen MR) is 192 cm³/mol. The third-order valence-electron chi connectivity index (χ3n) is 8.79. The second-order valence-electron chi connectivity index (χ2n) is 13.6. The maximum Gasteiger partial charge on any atom is 0.416 e. The fourth-order valence-corrected chi connectivity index (χ4v) is 7.65. The Hall–Kier alpha value is -4.36. The maximum absolute atomic E-state index is 13.8. The van der Waals surface area contributed by atoms with Crippen molar-refractivity contribution in [3.8, 4) is 11.1 Å². The Morgan fingerprint density at radius 3 is 1.94 bits per heavy atom. The van der Waals surface area contributed by atoms with Gasteiger partial charge in [-0.05, 0) is 47.9 Å². The summed E-state index contributed by atoms with van der Waals surface area (Å²) >= 11 is 0. The predicted octanol–water partition coefficient (Wildman–Crippen LogP) is 5.64. The number of benzene rings is 3. The molecule has 9 nitrogen and oxygen atoms in total. The van der Waals surface area contributed by atoms with Crippen LogP contribution in [0, 0.1) is 17.8 Å². The van der Waals surface area contributed by atoms with Crippen molar-refractivity contribution in [2.45, 2.75) is 83.5 Å². The Kier molecular flexibility index (Phi) is 15.3. The molecular weight excluding hydrogens is 697 g/mol. The van der Waals surface area contributed by atoms with Crippen molar-refractivity contribution in [1.29, 1.82) is 0 Å². The van der Waals surface area contributed by atoms with Crippen LogP contribution in [0.3, 0.4) is 0 Å². The van der Waals surface area contributed by atoms with Crippen LogP contribution >= 0.6 is 0 Å². The van der Waals surface area contributed by atoms with Crippen molar-refractivity contribution >= 4 is 33.2 Å². The summed E-state index contributed by atoms with van der Waals surface area (Å²) < 4.78 is 66.9. The number of hydrogen-bond acceptors (Lipinski definition) is 7. The molecule has 52 heavy (non-hydrogen) atoms. The first-order valence-corrected chi connectivity index (χ1v) is 18.9. The summed E-state index contributed by atoms with van der Waals surface area (Å²) in [7, 11) is -3.83. The van der Waals surface area contributed by atoms with Crippen LogP contribution in [-0.2, 0) is 41.2 Å². The molecular formula is C39H47F3N2O7S. The van der Waals surface area contributed by atoms with Gasteiger partial charge in [-0.25, -0.2) is 8.42 Å². The van der Waals surface area contributed by atoms with E-state index in [1.165, 1.54) is 13.8 Å². The molecule has 5 atom stereocenters. The average molecular weight is 745 g/mol. The van der Waals surface area contributed by atoms with Gasteiger partial charge in [-0.2, -0.15) is 13.2 Å². The van der Waals surface area contributed by atoms with Crippen molar-refractivity contribution in [2.75, 3.05) is 5.75 Å². The molecule has 0 radical (unpaired) electrons. The van der Waals surface area contributed by atoms with E-state index in [0.717, 1.165) is 11.1 Å². The molecule has 13 heteroatoms. The topological polar surface area (TPSA) is 147 Å². The maximum atomic E-state index is 13.8. The van der Waals surface area contributed by atoms with Crippen molar-refractivity contribution in [3.05, 3.63) is 96.1 Å². The molecule has 0 fully saturated rings. The van der Waals surface area contributed by atoms with Gasteiger partial charge in [-0.3, -0.25) is 14.4 Å². The molecule has 3 rings (SSSR count). The molecule has 0 aliphatic carbocycles. The first-order valence-electron chi connectivity index (χ1n) is 17.1. The number of carbonyl (C=O) groups is 4. The summed E-state index contributed by atoms with van der Waals surface area (Å²) in [6.07, 6.45) is -9.24. The van der Waals surface area contributed by atoms with Crippen molar-refractivity contribution in [1.82, 2.24) is 10.6 Å². The summed E-state index contributed by atoms with van der Waals surface area (Å²) in [6, 6.07) is 22.3. The molecule has 0 aliphatic heterocycles. The van der Waals surface area contributed by atoms with Crippen LogP contribution in [0.4, 0.5) is 13.2 Å². The number of rotatable bonds is 19. The second-order valence-corrected chi connectivity index (χ2v) is 15.7. The summed E-state index contributed by atoms with van der Waals surface area (Å²) in [5, 5.41) is 14.7. The van der Waals surface area contributed by atoms with Crippen LogP contribution in [0.5, 0.6) is 0 Å². The normalized spacial score (nSPS) is 14.9. The summed E-state index contributed by atoms with van der Waals surface area (Å²) in [5.74, 6) is -6.07. The molecule has 0 bridgehead atoms. The fraction of sp³-hybridized carbons (Fsp3) is 0.436. The van der Waals surface area contributed by atoms with Crippen LogP contribution in [0.25, 0.3) is 11.1 Å². The fourth-order valence-electron chi connectivity index (χ4n) is 5.76. The van der Waals surface area contributed by atoms with Crippen LogP contribution < -0.4 is 10.6 Å². The molecule has 3 N–H and O–H groups in total. The first-order chi connectivity index (χ1) is 24.4. The molecule has 0 spiro atoms. The molecule has 0 aromatic heterocycles. The van der Waals surface area contributed by atoms with E-state index in [9.17, 15) is 45.9 Å². The Balaban J connectivity index is 1.77. The molecule has 0 aliphatic rings. The second kappa shape index (κ2) is 18.9. The Morgan fingerprint density at radius 1 is 0.788 bits per heavy atom. The zero-order valence-electron chi connectivity index (χ0n) is 29.7. The van der Waals surface area contributed by atoms with E-state index in [2.05, 4.69) is 10.6 Å². The third kappa shape index (κ3) is 13.3. The summed E-state index contributed by atoms with van der Waals surface area (Å²) in [4.78, 5) is 51.8. The number of aliphatic hydroxyl groups is 1. The number of Topliss-reactive ketones (excluding diaryl/α,β-unsaturated/α-hetero) is 2. The molecule has 0 saturated heterocycles. The van der Waals surface area contributed by atoms with Gasteiger partial charge >= 0.3 is 6.18 Å². The van der Waals surface area contributed by atoms with Gasteiger partial charge < -0.3 is 20.5 Å². The minimum atomic E-state index is -5.06. The van der Waals surface area contributed by atoms with Gasteiger partial charge in [0, 0.05) is 18.8 Å². The molecule has 3 aromatic rings. The van der Waals surface area contributed by atoms with E-state index in [4.69, 9.17) is 0 Å². The number of amides is 2. The molecule has 0 heterocycles. The van der Waals surface area contributed by atoms with Crippen LogP contribution in [0.2, 0.25) is 0 Å². The quantitative estimate of drug-likeness (QED) is 0.144. The lowest BCUT2D eigenvalue weighted by atomic mass is 9.92. The lowest BCUT2D eigenvalue weighted by Gasteiger charge is -2.27. The molecule has 3 aromatic carbocycles. The van der Waals surface area contributed by atoms with Gasteiger partial charge in [0.1, 0.15) is 5.78 Å². The number of carbonyl (C=O) groups excluding carboxylic acids is 4. The largest absolute Gasteiger partial charge is 0.416 e. The van der Waals surface area contributed by atoms with Gasteiger partial charge in [0.25, 0.3) is 0 Å². The number of aliphatic hydroxyl groups excluding tert-OH is 1. The summed E-state index contributed by atoms with van der Waals surface area (Å²) in [5.41, 5.74) is 3.00. The van der Waals surface area contributed by atoms with Crippen molar-refractivity contribution in [3.63, 3.8) is 0 Å². The van der Waals surface area contributed by atoms with E-state index < -0.39 is 93.9 Å². The Labute approximate surface area is 303 Å². The number of nitrogens with one attached hydrogen (secondary N) is 2. The van der Waals surface area contributed by atoms with E-state index in [-0.39, 0.29) is 18.6 Å². The minimum absolute atomic E-state index is 0.0115. The minimum Gasteiger partial charge on any atom is -0.382 e. The number of halogens is 3. The Bertz CT molecular complexity index is 1770. The number of hydrogen-bond donors (Lipinski definition) is 3. The smallest absolute Gasteiger partial charge is 0.382 e. The van der Waals surface area contributed by atoms with Gasteiger partial charge in [0.15, 0.2) is 21.7 Å². The summed E-state index contributed by atoms with van der Waals surface area (Å²) in [6.45, 7) is 5.90. The highest BCUT2D eigenvalue weighted by Gasteiger charge is 2.44. The van der Waals surface area contributed by atoms with Crippen molar-refractivity contribution < 1.29 is 45.9 Å². The zero-order chi connectivity index (χ0) is 38.6. The molecule has 2 amide bonds. The standard InChI is InChI=1S/C39H47F3N2O7S/c1-25(2)32(24-52(50,51)23-29-14-11-17-31(21-29)30-15-9-6-10-16-30)38(49)44-34(22-28-12-7-5-8-13-28)35(46)20-26(3)37(48)43-33(19-18-27(4)45)36(47)39(40,41)42/h5-17,21,25-26,32-34,36,47H,18-20,22-24H2,1-4H3,(H,43,48)(H,44,49)/t26-,32+,33?,34+,36?/m1/s1. The highest BCUT2D eigenvalue weighted by molar-refractivity contribution is 7.90. The molecule has 2 unspecified atom stereocenters. The first kappa shape index (κ1) is 42.1. The Morgan fingerprint density at radius 2 is 1.37 bits per heavy atom. The zero-order valence-corrected chi connectivity index (χ0v) is 30.5. The van der Waals surface area contributed by atoms with Crippen LogP contribution in [0.1, 0.15) is 58.1 Å². The van der Waals surface area contributed by atoms with Gasteiger partial charge in [0.05, 0.1) is 29.5 Å². The van der Waals surface area contributed by atoms with Crippen molar-refractivity contribution in [2.24, 2.45) is 17.8 Å². The lowest BCUT2D eigenvalue weighted by molar-refractivity contribution is -0.213.